The van der Waals surface area contributed by atoms with E-state index in [-0.39, 0.29) is 11.7 Å². The summed E-state index contributed by atoms with van der Waals surface area (Å²) in [6.45, 7) is 6.41. The Morgan fingerprint density at radius 3 is 2.57 bits per heavy atom. The second-order valence-electron chi connectivity index (χ2n) is 4.96. The van der Waals surface area contributed by atoms with Crippen LogP contribution in [0.5, 0.6) is 5.75 Å². The number of halogens is 1. The van der Waals surface area contributed by atoms with Crippen molar-refractivity contribution in [2.24, 2.45) is 0 Å². The second kappa shape index (κ2) is 6.47. The molecule has 0 heterocycles. The van der Waals surface area contributed by atoms with Gasteiger partial charge in [0.15, 0.2) is 0 Å². The van der Waals surface area contributed by atoms with E-state index in [9.17, 15) is 9.90 Å². The number of carbonyl (C=O) groups excluding carboxylic acids is 1. The Bertz CT molecular complexity index is 682. The van der Waals surface area contributed by atoms with Crippen LogP contribution in [0.1, 0.15) is 28.4 Å². The molecule has 21 heavy (non-hydrogen) atoms. The predicted octanol–water partition coefficient (Wildman–Crippen LogP) is 4.28. The summed E-state index contributed by atoms with van der Waals surface area (Å²) in [5.74, 6) is 0.125. The summed E-state index contributed by atoms with van der Waals surface area (Å²) in [6, 6.07) is 10.8. The first-order valence-electron chi connectivity index (χ1n) is 6.82. The molecule has 0 saturated carbocycles. The average Bonchev–Trinajstić information content (AvgIpc) is 2.46. The van der Waals surface area contributed by atoms with Crippen molar-refractivity contribution in [3.63, 3.8) is 0 Å². The fourth-order valence-corrected chi connectivity index (χ4v) is 2.86. The van der Waals surface area contributed by atoms with Gasteiger partial charge in [0, 0.05) is 16.2 Å². The molecule has 1 amide bonds. The number of rotatable bonds is 3. The summed E-state index contributed by atoms with van der Waals surface area (Å²) >= 11 is 2.21. The number of anilines is 1. The van der Waals surface area contributed by atoms with Crippen molar-refractivity contribution < 1.29 is 9.90 Å². The fraction of sp³-hybridized carbons (Fsp3) is 0.235. The third-order valence-corrected chi connectivity index (χ3v) is 4.90. The first-order chi connectivity index (χ1) is 9.95. The maximum Gasteiger partial charge on any atom is 0.259 e. The molecule has 0 bridgehead atoms. The largest absolute Gasteiger partial charge is 0.508 e. The Labute approximate surface area is 138 Å². The van der Waals surface area contributed by atoms with Crippen molar-refractivity contribution in [1.29, 1.82) is 0 Å². The number of hydrogen-bond donors (Lipinski definition) is 1. The molecule has 3 nitrogen and oxygen atoms in total. The molecule has 2 aromatic carbocycles. The highest BCUT2D eigenvalue weighted by molar-refractivity contribution is 14.1. The Kier molecular flexibility index (Phi) is 4.88. The minimum absolute atomic E-state index is 0.0423. The lowest BCUT2D eigenvalue weighted by molar-refractivity contribution is 0.0987. The SMILES string of the molecule is CCN(C(=O)c1cccc(C)c1I)c1cc(O)ccc1C. The molecule has 0 radical (unpaired) electrons. The quantitative estimate of drug-likeness (QED) is 0.789. The van der Waals surface area contributed by atoms with Gasteiger partial charge in [-0.1, -0.05) is 18.2 Å². The van der Waals surface area contributed by atoms with Gasteiger partial charge < -0.3 is 10.0 Å². The van der Waals surface area contributed by atoms with E-state index in [0.29, 0.717) is 12.1 Å². The molecule has 0 fully saturated rings. The number of phenolic OH excluding ortho intramolecular Hbond substituents is 1. The van der Waals surface area contributed by atoms with Crippen LogP contribution in [0, 0.1) is 17.4 Å². The highest BCUT2D eigenvalue weighted by Gasteiger charge is 2.20. The third kappa shape index (κ3) is 3.20. The minimum Gasteiger partial charge on any atom is -0.508 e. The summed E-state index contributed by atoms with van der Waals surface area (Å²) in [7, 11) is 0. The van der Waals surface area contributed by atoms with Gasteiger partial charge in [-0.3, -0.25) is 4.79 Å². The number of aromatic hydroxyl groups is 1. The standard InChI is InChI=1S/C17H18INO2/c1-4-19(15-10-13(20)9-8-11(15)2)17(21)14-7-5-6-12(3)16(14)18/h5-10,20H,4H2,1-3H3. The van der Waals surface area contributed by atoms with Crippen LogP contribution in [0.2, 0.25) is 0 Å². The van der Waals surface area contributed by atoms with Gasteiger partial charge in [0.2, 0.25) is 0 Å². The van der Waals surface area contributed by atoms with Crippen LogP contribution in [-0.2, 0) is 0 Å². The Balaban J connectivity index is 2.48. The number of phenols is 1. The summed E-state index contributed by atoms with van der Waals surface area (Å²) in [4.78, 5) is 14.6. The van der Waals surface area contributed by atoms with Crippen molar-refractivity contribution in [1.82, 2.24) is 0 Å². The van der Waals surface area contributed by atoms with Gasteiger partial charge in [-0.15, -0.1) is 0 Å². The maximum absolute atomic E-state index is 12.9. The lowest BCUT2D eigenvalue weighted by Crippen LogP contribution is -2.31. The van der Waals surface area contributed by atoms with Crippen LogP contribution in [-0.4, -0.2) is 17.6 Å². The van der Waals surface area contributed by atoms with E-state index < -0.39 is 0 Å². The maximum atomic E-state index is 12.9. The number of hydrogen-bond acceptors (Lipinski definition) is 2. The van der Waals surface area contributed by atoms with Crippen LogP contribution in [0.15, 0.2) is 36.4 Å². The zero-order chi connectivity index (χ0) is 15.6. The monoisotopic (exact) mass is 395 g/mol. The van der Waals surface area contributed by atoms with Gasteiger partial charge in [0.1, 0.15) is 5.75 Å². The van der Waals surface area contributed by atoms with Crippen molar-refractivity contribution in [3.8, 4) is 5.75 Å². The number of carbonyl (C=O) groups is 1. The summed E-state index contributed by atoms with van der Waals surface area (Å²) < 4.78 is 0.969. The molecule has 0 saturated heterocycles. The molecule has 0 aliphatic rings. The highest BCUT2D eigenvalue weighted by atomic mass is 127. The van der Waals surface area contributed by atoms with E-state index in [4.69, 9.17) is 0 Å². The smallest absolute Gasteiger partial charge is 0.259 e. The number of amides is 1. The van der Waals surface area contributed by atoms with Crippen LogP contribution >= 0.6 is 22.6 Å². The molecule has 0 unspecified atom stereocenters. The summed E-state index contributed by atoms with van der Waals surface area (Å²) in [6.07, 6.45) is 0. The Morgan fingerprint density at radius 1 is 1.19 bits per heavy atom. The number of benzene rings is 2. The molecule has 0 aliphatic carbocycles. The molecule has 2 aromatic rings. The third-order valence-electron chi connectivity index (χ3n) is 3.47. The molecule has 0 aromatic heterocycles. The van der Waals surface area contributed by atoms with Gasteiger partial charge in [-0.25, -0.2) is 0 Å². The van der Waals surface area contributed by atoms with Gasteiger partial charge in [0.05, 0.1) is 11.3 Å². The molecule has 0 aliphatic heterocycles. The lowest BCUT2D eigenvalue weighted by Gasteiger charge is -2.24. The van der Waals surface area contributed by atoms with E-state index in [1.807, 2.05) is 45.0 Å². The first-order valence-corrected chi connectivity index (χ1v) is 7.90. The van der Waals surface area contributed by atoms with Gasteiger partial charge >= 0.3 is 0 Å². The number of aryl methyl sites for hydroxylation is 2. The van der Waals surface area contributed by atoms with Crippen molar-refractivity contribution >= 4 is 34.2 Å². The van der Waals surface area contributed by atoms with E-state index in [2.05, 4.69) is 22.6 Å². The Hall–Kier alpha value is -1.56. The number of nitrogens with zero attached hydrogens (tertiary/aromatic N) is 1. The first kappa shape index (κ1) is 15.8. The average molecular weight is 395 g/mol. The topological polar surface area (TPSA) is 40.5 Å². The zero-order valence-electron chi connectivity index (χ0n) is 12.4. The molecular formula is C17H18INO2. The van der Waals surface area contributed by atoms with E-state index >= 15 is 0 Å². The van der Waals surface area contributed by atoms with E-state index in [1.54, 1.807) is 17.0 Å². The molecule has 4 heteroatoms. The molecule has 0 atom stereocenters. The van der Waals surface area contributed by atoms with Gasteiger partial charge in [0.25, 0.3) is 5.91 Å². The van der Waals surface area contributed by atoms with Crippen molar-refractivity contribution in [3.05, 3.63) is 56.7 Å². The van der Waals surface area contributed by atoms with Crippen LogP contribution in [0.3, 0.4) is 0 Å². The van der Waals surface area contributed by atoms with Crippen molar-refractivity contribution in [2.75, 3.05) is 11.4 Å². The molecule has 1 N–H and O–H groups in total. The zero-order valence-corrected chi connectivity index (χ0v) is 14.5. The predicted molar refractivity (Wildman–Crippen MR) is 94.1 cm³/mol. The van der Waals surface area contributed by atoms with Gasteiger partial charge in [-0.05, 0) is 66.6 Å². The highest BCUT2D eigenvalue weighted by Crippen LogP contribution is 2.27. The van der Waals surface area contributed by atoms with Crippen LogP contribution in [0.4, 0.5) is 5.69 Å². The molecule has 2 rings (SSSR count). The van der Waals surface area contributed by atoms with Gasteiger partial charge in [-0.2, -0.15) is 0 Å². The summed E-state index contributed by atoms with van der Waals surface area (Å²) in [5, 5.41) is 9.69. The van der Waals surface area contributed by atoms with E-state index in [0.717, 1.165) is 20.4 Å². The minimum atomic E-state index is -0.0423. The van der Waals surface area contributed by atoms with Crippen molar-refractivity contribution in [2.45, 2.75) is 20.8 Å². The Morgan fingerprint density at radius 2 is 1.90 bits per heavy atom. The van der Waals surface area contributed by atoms with E-state index in [1.165, 1.54) is 0 Å². The second-order valence-corrected chi connectivity index (χ2v) is 6.04. The van der Waals surface area contributed by atoms with Crippen LogP contribution < -0.4 is 4.90 Å². The molecule has 110 valence electrons. The summed E-state index contributed by atoms with van der Waals surface area (Å²) in [5.41, 5.74) is 3.50. The van der Waals surface area contributed by atoms with Crippen LogP contribution in [0.25, 0.3) is 0 Å². The lowest BCUT2D eigenvalue weighted by atomic mass is 10.1. The molecule has 0 spiro atoms. The fourth-order valence-electron chi connectivity index (χ4n) is 2.27. The normalized spacial score (nSPS) is 10.5. The molecular weight excluding hydrogens is 377 g/mol.